The fourth-order valence-corrected chi connectivity index (χ4v) is 6.54. The third kappa shape index (κ3) is 2.58. The van der Waals surface area contributed by atoms with Gasteiger partial charge >= 0.3 is 5.97 Å². The van der Waals surface area contributed by atoms with Gasteiger partial charge < -0.3 is 15.3 Å². The molecule has 4 aliphatic carbocycles. The highest BCUT2D eigenvalue weighted by atomic mass is 16.4. The summed E-state index contributed by atoms with van der Waals surface area (Å²) in [6.45, 7) is 9.72. The zero-order chi connectivity index (χ0) is 18.8. The van der Waals surface area contributed by atoms with E-state index in [2.05, 4.69) is 6.58 Å². The maximum absolute atomic E-state index is 13.0. The van der Waals surface area contributed by atoms with E-state index in [1.165, 1.54) is 0 Å². The molecule has 25 heavy (non-hydrogen) atoms. The SMILES string of the molecule is C=C1CC23CCC(C(C)(C)O)C(C)(CCC(=O)O)C2CC1C(O)C3=O. The van der Waals surface area contributed by atoms with Crippen LogP contribution in [0.3, 0.4) is 0 Å². The minimum atomic E-state index is -0.972. The van der Waals surface area contributed by atoms with Gasteiger partial charge in [0.05, 0.1) is 5.60 Å². The van der Waals surface area contributed by atoms with E-state index in [1.54, 1.807) is 13.8 Å². The van der Waals surface area contributed by atoms with E-state index >= 15 is 0 Å². The number of aliphatic carboxylic acids is 1. The van der Waals surface area contributed by atoms with E-state index in [9.17, 15) is 24.9 Å². The lowest BCUT2D eigenvalue weighted by atomic mass is 9.38. The quantitative estimate of drug-likeness (QED) is 0.677. The summed E-state index contributed by atoms with van der Waals surface area (Å²) < 4.78 is 0. The van der Waals surface area contributed by atoms with Gasteiger partial charge in [-0.3, -0.25) is 9.59 Å². The van der Waals surface area contributed by atoms with Crippen molar-refractivity contribution in [3.8, 4) is 0 Å². The molecule has 2 bridgehead atoms. The molecule has 0 heterocycles. The second-order valence-electron chi connectivity index (χ2n) is 9.34. The molecule has 4 rings (SSSR count). The Bertz CT molecular complexity index is 618. The zero-order valence-electron chi connectivity index (χ0n) is 15.4. The summed E-state index contributed by atoms with van der Waals surface area (Å²) in [7, 11) is 0. The van der Waals surface area contributed by atoms with Crippen LogP contribution in [-0.2, 0) is 9.59 Å². The molecule has 0 aliphatic heterocycles. The lowest BCUT2D eigenvalue weighted by Crippen LogP contribution is -2.66. The topological polar surface area (TPSA) is 94.8 Å². The minimum Gasteiger partial charge on any atom is -0.481 e. The first-order valence-electron chi connectivity index (χ1n) is 9.28. The van der Waals surface area contributed by atoms with Gasteiger partial charge in [0, 0.05) is 17.8 Å². The number of carbonyl (C=O) groups is 2. The lowest BCUT2D eigenvalue weighted by molar-refractivity contribution is -0.195. The molecule has 0 aromatic heterocycles. The predicted molar refractivity (Wildman–Crippen MR) is 92.8 cm³/mol. The standard InChI is InChI=1S/C20H30O5/c1-11-10-20-8-5-13(18(2,3)25)19(4,7-6-15(21)22)14(20)9-12(11)16(23)17(20)24/h12-14,16,23,25H,1,5-10H2,2-4H3,(H,21,22). The lowest BCUT2D eigenvalue weighted by Gasteiger charge is -2.65. The van der Waals surface area contributed by atoms with Gasteiger partial charge in [-0.25, -0.2) is 0 Å². The Kier molecular flexibility index (Phi) is 4.20. The summed E-state index contributed by atoms with van der Waals surface area (Å²) in [5.74, 6) is -1.27. The van der Waals surface area contributed by atoms with Crippen LogP contribution < -0.4 is 0 Å². The van der Waals surface area contributed by atoms with Crippen LogP contribution >= 0.6 is 0 Å². The number of carbonyl (C=O) groups excluding carboxylic acids is 1. The Balaban J connectivity index is 2.06. The normalized spacial score (nSPS) is 43.9. The highest BCUT2D eigenvalue weighted by Crippen LogP contribution is 2.68. The molecule has 4 saturated carbocycles. The number of aliphatic hydroxyl groups is 2. The second-order valence-corrected chi connectivity index (χ2v) is 9.34. The molecule has 4 fully saturated rings. The van der Waals surface area contributed by atoms with Gasteiger partial charge in [0.15, 0.2) is 5.78 Å². The van der Waals surface area contributed by atoms with Crippen LogP contribution in [0.2, 0.25) is 0 Å². The Hall–Kier alpha value is -1.20. The van der Waals surface area contributed by atoms with E-state index in [-0.39, 0.29) is 30.0 Å². The number of hydrogen-bond donors (Lipinski definition) is 3. The molecule has 6 atom stereocenters. The molecule has 3 N–H and O–H groups in total. The first-order chi connectivity index (χ1) is 11.4. The number of aliphatic hydroxyl groups excluding tert-OH is 1. The third-order valence-electron chi connectivity index (χ3n) is 7.57. The van der Waals surface area contributed by atoms with E-state index < -0.39 is 28.5 Å². The van der Waals surface area contributed by atoms with Crippen LogP contribution in [0.4, 0.5) is 0 Å². The van der Waals surface area contributed by atoms with Crippen LogP contribution in [0.25, 0.3) is 0 Å². The fourth-order valence-electron chi connectivity index (χ4n) is 6.54. The Morgan fingerprint density at radius 3 is 2.60 bits per heavy atom. The molecule has 5 heteroatoms. The molecule has 5 nitrogen and oxygen atoms in total. The van der Waals surface area contributed by atoms with Gasteiger partial charge in [-0.1, -0.05) is 19.1 Å². The van der Waals surface area contributed by atoms with Crippen molar-refractivity contribution in [3.05, 3.63) is 12.2 Å². The van der Waals surface area contributed by atoms with E-state index in [1.807, 2.05) is 6.92 Å². The average Bonchev–Trinajstić information content (AvgIpc) is 2.48. The van der Waals surface area contributed by atoms with Crippen molar-refractivity contribution >= 4 is 11.8 Å². The summed E-state index contributed by atoms with van der Waals surface area (Å²) in [6, 6.07) is 0. The van der Waals surface area contributed by atoms with Crippen LogP contribution in [-0.4, -0.2) is 38.8 Å². The van der Waals surface area contributed by atoms with Crippen LogP contribution in [0.5, 0.6) is 0 Å². The van der Waals surface area contributed by atoms with Crippen molar-refractivity contribution in [1.29, 1.82) is 0 Å². The van der Waals surface area contributed by atoms with Crippen molar-refractivity contribution in [2.24, 2.45) is 28.6 Å². The maximum atomic E-state index is 13.0. The van der Waals surface area contributed by atoms with Gasteiger partial charge in [-0.15, -0.1) is 0 Å². The molecular weight excluding hydrogens is 320 g/mol. The van der Waals surface area contributed by atoms with Crippen LogP contribution in [0, 0.1) is 28.6 Å². The summed E-state index contributed by atoms with van der Waals surface area (Å²) in [5, 5.41) is 30.4. The van der Waals surface area contributed by atoms with Gasteiger partial charge in [-0.2, -0.15) is 0 Å². The van der Waals surface area contributed by atoms with Crippen LogP contribution in [0.15, 0.2) is 12.2 Å². The minimum absolute atomic E-state index is 0.0177. The molecule has 140 valence electrons. The summed E-state index contributed by atoms with van der Waals surface area (Å²) in [6.07, 6.45) is 2.04. The van der Waals surface area contributed by atoms with Crippen molar-refractivity contribution in [3.63, 3.8) is 0 Å². The van der Waals surface area contributed by atoms with Crippen molar-refractivity contribution in [2.75, 3.05) is 0 Å². The molecular formula is C20H30O5. The Labute approximate surface area is 149 Å². The number of ketones is 1. The van der Waals surface area contributed by atoms with Gasteiger partial charge in [0.1, 0.15) is 6.10 Å². The number of carboxylic acids is 1. The average molecular weight is 350 g/mol. The number of hydrogen-bond acceptors (Lipinski definition) is 4. The number of Topliss-reactive ketones (excluding diaryl/α,β-unsaturated/α-hetero) is 1. The number of rotatable bonds is 4. The number of carboxylic acid groups (broad SMARTS) is 1. The third-order valence-corrected chi connectivity index (χ3v) is 7.57. The van der Waals surface area contributed by atoms with Gasteiger partial charge in [0.25, 0.3) is 0 Å². The molecule has 0 radical (unpaired) electrons. The van der Waals surface area contributed by atoms with E-state index in [4.69, 9.17) is 0 Å². The highest BCUT2D eigenvalue weighted by Gasteiger charge is 2.67. The predicted octanol–water partition coefficient (Wildman–Crippen LogP) is 2.55. The fraction of sp³-hybridized carbons (Fsp3) is 0.800. The molecule has 1 spiro atoms. The molecule has 0 aromatic rings. The zero-order valence-corrected chi connectivity index (χ0v) is 15.4. The van der Waals surface area contributed by atoms with Gasteiger partial charge in [-0.05, 0) is 63.2 Å². The summed E-state index contributed by atoms with van der Waals surface area (Å²) in [4.78, 5) is 24.2. The highest BCUT2D eigenvalue weighted by molar-refractivity contribution is 5.92. The van der Waals surface area contributed by atoms with E-state index in [0.29, 0.717) is 32.1 Å². The Morgan fingerprint density at radius 1 is 1.40 bits per heavy atom. The molecule has 0 amide bonds. The van der Waals surface area contributed by atoms with Crippen molar-refractivity contribution in [2.45, 2.75) is 71.0 Å². The summed E-state index contributed by atoms with van der Waals surface area (Å²) >= 11 is 0. The van der Waals surface area contributed by atoms with Crippen molar-refractivity contribution < 1.29 is 24.9 Å². The maximum Gasteiger partial charge on any atom is 0.303 e. The molecule has 4 aliphatic rings. The first kappa shape index (κ1) is 18.6. The first-order valence-corrected chi connectivity index (χ1v) is 9.28. The van der Waals surface area contributed by atoms with Gasteiger partial charge in [0.2, 0.25) is 0 Å². The largest absolute Gasteiger partial charge is 0.481 e. The molecule has 0 saturated heterocycles. The van der Waals surface area contributed by atoms with Crippen molar-refractivity contribution in [1.82, 2.24) is 0 Å². The molecule has 0 aromatic carbocycles. The smallest absolute Gasteiger partial charge is 0.303 e. The van der Waals surface area contributed by atoms with E-state index in [0.717, 1.165) is 5.57 Å². The summed E-state index contributed by atoms with van der Waals surface area (Å²) in [5.41, 5.74) is -1.08. The Morgan fingerprint density at radius 2 is 2.04 bits per heavy atom. The monoisotopic (exact) mass is 350 g/mol. The second kappa shape index (κ2) is 5.65. The number of fused-ring (bicyclic) bond motifs is 2. The molecule has 6 unspecified atom stereocenters. The van der Waals surface area contributed by atoms with Crippen LogP contribution in [0.1, 0.15) is 59.3 Å².